The molecule has 0 aliphatic heterocycles. The molecule has 1 aliphatic rings. The van der Waals surface area contributed by atoms with E-state index < -0.39 is 5.72 Å². The van der Waals surface area contributed by atoms with Crippen molar-refractivity contribution < 1.29 is 10.2 Å². The number of allylic oxidation sites excluding steroid dienone is 2. The zero-order valence-corrected chi connectivity index (χ0v) is 6.83. The lowest BCUT2D eigenvalue weighted by Gasteiger charge is -2.26. The SMILES string of the molecule is NCCC1=CC=C(O)C(N)(O)C1. The number of rotatable bonds is 2. The third-order valence-electron chi connectivity index (χ3n) is 1.88. The molecule has 4 nitrogen and oxygen atoms in total. The highest BCUT2D eigenvalue weighted by atomic mass is 16.3. The summed E-state index contributed by atoms with van der Waals surface area (Å²) in [6, 6.07) is 0. The third-order valence-corrected chi connectivity index (χ3v) is 1.88. The molecule has 0 saturated carbocycles. The monoisotopic (exact) mass is 170 g/mol. The minimum Gasteiger partial charge on any atom is -0.508 e. The molecule has 0 bridgehead atoms. The van der Waals surface area contributed by atoms with Gasteiger partial charge in [0.05, 0.1) is 0 Å². The van der Waals surface area contributed by atoms with E-state index in [1.807, 2.05) is 0 Å². The van der Waals surface area contributed by atoms with E-state index in [4.69, 9.17) is 16.6 Å². The van der Waals surface area contributed by atoms with Crippen molar-refractivity contribution in [3.05, 3.63) is 23.5 Å². The lowest BCUT2D eigenvalue weighted by molar-refractivity contribution is 0.0391. The highest BCUT2D eigenvalue weighted by Crippen LogP contribution is 2.24. The number of aliphatic hydroxyl groups is 2. The zero-order valence-electron chi connectivity index (χ0n) is 6.83. The molecule has 0 aromatic carbocycles. The molecular formula is C8H14N2O2. The summed E-state index contributed by atoms with van der Waals surface area (Å²) in [5.41, 5.74) is 10.1. The van der Waals surface area contributed by atoms with Gasteiger partial charge >= 0.3 is 0 Å². The van der Waals surface area contributed by atoms with Crippen LogP contribution in [0.2, 0.25) is 0 Å². The Morgan fingerprint density at radius 3 is 2.67 bits per heavy atom. The van der Waals surface area contributed by atoms with E-state index in [1.54, 1.807) is 6.08 Å². The van der Waals surface area contributed by atoms with E-state index in [0.29, 0.717) is 13.0 Å². The van der Waals surface area contributed by atoms with Crippen LogP contribution in [0, 0.1) is 0 Å². The number of nitrogens with two attached hydrogens (primary N) is 2. The summed E-state index contributed by atoms with van der Waals surface area (Å²) in [4.78, 5) is 0. The van der Waals surface area contributed by atoms with Crippen LogP contribution < -0.4 is 11.5 Å². The van der Waals surface area contributed by atoms with Gasteiger partial charge in [0.2, 0.25) is 0 Å². The quantitative estimate of drug-likeness (QED) is 0.430. The molecule has 0 aromatic rings. The molecule has 1 atom stereocenters. The molecule has 0 aromatic heterocycles. The smallest absolute Gasteiger partial charge is 0.175 e. The highest BCUT2D eigenvalue weighted by molar-refractivity contribution is 5.27. The van der Waals surface area contributed by atoms with Crippen LogP contribution in [0.3, 0.4) is 0 Å². The van der Waals surface area contributed by atoms with Crippen LogP contribution in [-0.4, -0.2) is 22.5 Å². The maximum absolute atomic E-state index is 9.42. The second kappa shape index (κ2) is 3.26. The normalized spacial score (nSPS) is 29.6. The van der Waals surface area contributed by atoms with Crippen molar-refractivity contribution in [1.29, 1.82) is 0 Å². The second-order valence-electron chi connectivity index (χ2n) is 3.02. The van der Waals surface area contributed by atoms with Crippen LogP contribution in [0.1, 0.15) is 12.8 Å². The molecule has 12 heavy (non-hydrogen) atoms. The highest BCUT2D eigenvalue weighted by Gasteiger charge is 2.29. The van der Waals surface area contributed by atoms with Crippen molar-refractivity contribution >= 4 is 0 Å². The van der Waals surface area contributed by atoms with Gasteiger partial charge in [0.25, 0.3) is 0 Å². The fourth-order valence-corrected chi connectivity index (χ4v) is 1.19. The Balaban J connectivity index is 2.73. The summed E-state index contributed by atoms with van der Waals surface area (Å²) in [5.74, 6) is -0.191. The summed E-state index contributed by atoms with van der Waals surface area (Å²) in [6.45, 7) is 0.524. The van der Waals surface area contributed by atoms with Gasteiger partial charge in [-0.3, -0.25) is 5.73 Å². The van der Waals surface area contributed by atoms with E-state index >= 15 is 0 Å². The first kappa shape index (κ1) is 9.25. The summed E-state index contributed by atoms with van der Waals surface area (Å²) < 4.78 is 0. The van der Waals surface area contributed by atoms with Crippen LogP contribution in [0.5, 0.6) is 0 Å². The van der Waals surface area contributed by atoms with Crippen LogP contribution in [0.15, 0.2) is 23.5 Å². The van der Waals surface area contributed by atoms with Crippen molar-refractivity contribution in [3.63, 3.8) is 0 Å². The topological polar surface area (TPSA) is 92.5 Å². The summed E-state index contributed by atoms with van der Waals surface area (Å²) in [5, 5.41) is 18.6. The third kappa shape index (κ3) is 1.85. The fraction of sp³-hybridized carbons (Fsp3) is 0.500. The first-order valence-corrected chi connectivity index (χ1v) is 3.87. The van der Waals surface area contributed by atoms with Gasteiger partial charge in [-0.2, -0.15) is 0 Å². The number of hydrogen-bond acceptors (Lipinski definition) is 4. The molecule has 0 fully saturated rings. The van der Waals surface area contributed by atoms with Gasteiger partial charge in [-0.1, -0.05) is 11.6 Å². The zero-order chi connectivity index (χ0) is 9.19. The van der Waals surface area contributed by atoms with E-state index in [2.05, 4.69) is 0 Å². The first-order valence-electron chi connectivity index (χ1n) is 3.87. The standard InChI is InChI=1S/C8H14N2O2/c9-4-3-6-1-2-7(11)8(10,12)5-6/h1-2,11-12H,3-5,9-10H2. The van der Waals surface area contributed by atoms with Crippen LogP contribution in [-0.2, 0) is 0 Å². The van der Waals surface area contributed by atoms with E-state index in [-0.39, 0.29) is 12.2 Å². The molecule has 6 N–H and O–H groups in total. The van der Waals surface area contributed by atoms with Crippen LogP contribution in [0.4, 0.5) is 0 Å². The second-order valence-corrected chi connectivity index (χ2v) is 3.02. The van der Waals surface area contributed by atoms with Crippen molar-refractivity contribution in [2.75, 3.05) is 6.54 Å². The molecule has 0 saturated heterocycles. The predicted octanol–water partition coefficient (Wildman–Crippen LogP) is -0.245. The maximum Gasteiger partial charge on any atom is 0.175 e. The molecule has 68 valence electrons. The van der Waals surface area contributed by atoms with E-state index in [9.17, 15) is 5.11 Å². The lowest BCUT2D eigenvalue weighted by atomic mass is 9.94. The Morgan fingerprint density at radius 2 is 2.17 bits per heavy atom. The van der Waals surface area contributed by atoms with E-state index in [0.717, 1.165) is 5.57 Å². The van der Waals surface area contributed by atoms with Gasteiger partial charge in [-0.25, -0.2) is 0 Å². The fourth-order valence-electron chi connectivity index (χ4n) is 1.19. The molecule has 1 rings (SSSR count). The number of aliphatic hydroxyl groups excluding tert-OH is 1. The first-order chi connectivity index (χ1) is 5.56. The van der Waals surface area contributed by atoms with Gasteiger partial charge < -0.3 is 15.9 Å². The Labute approximate surface area is 71.2 Å². The Morgan fingerprint density at radius 1 is 1.50 bits per heavy atom. The van der Waals surface area contributed by atoms with Crippen molar-refractivity contribution in [3.8, 4) is 0 Å². The minimum absolute atomic E-state index is 0.191. The lowest BCUT2D eigenvalue weighted by Crippen LogP contribution is -2.43. The molecule has 0 spiro atoms. The van der Waals surface area contributed by atoms with Crippen LogP contribution in [0.25, 0.3) is 0 Å². The Bertz CT molecular complexity index is 231. The van der Waals surface area contributed by atoms with Gasteiger partial charge in [0.15, 0.2) is 5.72 Å². The van der Waals surface area contributed by atoms with Crippen molar-refractivity contribution in [2.24, 2.45) is 11.5 Å². The minimum atomic E-state index is -1.60. The molecule has 4 heteroatoms. The number of hydrogen-bond donors (Lipinski definition) is 4. The molecule has 1 aliphatic carbocycles. The Hall–Kier alpha value is -0.840. The van der Waals surface area contributed by atoms with Gasteiger partial charge in [-0.15, -0.1) is 0 Å². The van der Waals surface area contributed by atoms with Gasteiger partial charge in [-0.05, 0) is 19.0 Å². The molecule has 0 amide bonds. The Kier molecular flexibility index (Phi) is 2.52. The molecule has 1 unspecified atom stereocenters. The van der Waals surface area contributed by atoms with Crippen molar-refractivity contribution in [1.82, 2.24) is 0 Å². The summed E-state index contributed by atoms with van der Waals surface area (Å²) >= 11 is 0. The van der Waals surface area contributed by atoms with Crippen LogP contribution >= 0.6 is 0 Å². The predicted molar refractivity (Wildman–Crippen MR) is 46.2 cm³/mol. The van der Waals surface area contributed by atoms with Gasteiger partial charge in [0.1, 0.15) is 5.76 Å². The summed E-state index contributed by atoms with van der Waals surface area (Å²) in [6.07, 6.45) is 4.11. The molecular weight excluding hydrogens is 156 g/mol. The summed E-state index contributed by atoms with van der Waals surface area (Å²) in [7, 11) is 0. The van der Waals surface area contributed by atoms with E-state index in [1.165, 1.54) is 6.08 Å². The average Bonchev–Trinajstić information content (AvgIpc) is 1.97. The van der Waals surface area contributed by atoms with Crippen molar-refractivity contribution in [2.45, 2.75) is 18.6 Å². The largest absolute Gasteiger partial charge is 0.508 e. The maximum atomic E-state index is 9.42. The van der Waals surface area contributed by atoms with Gasteiger partial charge in [0, 0.05) is 6.42 Å². The average molecular weight is 170 g/mol. The molecule has 0 heterocycles. The molecule has 0 radical (unpaired) electrons.